The molecule has 2 aromatic carbocycles. The number of benzene rings is 2. The van der Waals surface area contributed by atoms with Gasteiger partial charge in [0.1, 0.15) is 24.0 Å². The van der Waals surface area contributed by atoms with E-state index >= 15 is 0 Å². The molecule has 8 heteroatoms. The molecule has 0 radical (unpaired) electrons. The molecular weight excluding hydrogens is 366 g/mol. The first-order valence-electron chi connectivity index (χ1n) is 7.30. The molecule has 2 aromatic rings. The second-order valence-corrected chi connectivity index (χ2v) is 5.37. The van der Waals surface area contributed by atoms with Crippen molar-refractivity contribution in [3.05, 3.63) is 58.6 Å². The molecule has 0 unspecified atom stereocenters. The quantitative estimate of drug-likeness (QED) is 0.759. The molecular formula is C18H13ClF2N2O3. The summed E-state index contributed by atoms with van der Waals surface area (Å²) in [5, 5.41) is 4.53. The average molecular weight is 379 g/mol. The highest BCUT2D eigenvalue weighted by molar-refractivity contribution is 6.33. The molecule has 2 amide bonds. The average Bonchev–Trinajstić information content (AvgIpc) is 2.59. The number of hydrogen-bond acceptors (Lipinski definition) is 3. The van der Waals surface area contributed by atoms with E-state index in [1.54, 1.807) is 0 Å². The van der Waals surface area contributed by atoms with Gasteiger partial charge in [-0.15, -0.1) is 6.42 Å². The van der Waals surface area contributed by atoms with Gasteiger partial charge in [0.05, 0.1) is 22.8 Å². The van der Waals surface area contributed by atoms with Crippen molar-refractivity contribution in [1.82, 2.24) is 5.32 Å². The fraction of sp³-hybridized carbons (Fsp3) is 0.111. The maximum Gasteiger partial charge on any atom is 0.256 e. The van der Waals surface area contributed by atoms with Crippen molar-refractivity contribution in [2.75, 3.05) is 18.5 Å². The summed E-state index contributed by atoms with van der Waals surface area (Å²) in [6.07, 6.45) is 5.09. The Morgan fingerprint density at radius 1 is 1.23 bits per heavy atom. The van der Waals surface area contributed by atoms with Crippen LogP contribution in [0.4, 0.5) is 14.5 Å². The first-order valence-corrected chi connectivity index (χ1v) is 7.68. The molecule has 0 saturated heterocycles. The van der Waals surface area contributed by atoms with Crippen molar-refractivity contribution in [1.29, 1.82) is 0 Å². The van der Waals surface area contributed by atoms with Gasteiger partial charge in [0.15, 0.2) is 0 Å². The number of carbonyl (C=O) groups excluding carboxylic acids is 2. The van der Waals surface area contributed by atoms with Gasteiger partial charge in [-0.2, -0.15) is 0 Å². The molecule has 0 aliphatic rings. The van der Waals surface area contributed by atoms with E-state index in [1.807, 2.05) is 0 Å². The number of anilines is 1. The zero-order valence-corrected chi connectivity index (χ0v) is 14.1. The van der Waals surface area contributed by atoms with Crippen molar-refractivity contribution in [2.24, 2.45) is 0 Å². The van der Waals surface area contributed by atoms with Crippen molar-refractivity contribution < 1.29 is 23.1 Å². The smallest absolute Gasteiger partial charge is 0.256 e. The van der Waals surface area contributed by atoms with Crippen LogP contribution >= 0.6 is 11.6 Å². The summed E-state index contributed by atoms with van der Waals surface area (Å²) in [7, 11) is 0. The lowest BCUT2D eigenvalue weighted by Gasteiger charge is -2.12. The third kappa shape index (κ3) is 4.94. The highest BCUT2D eigenvalue weighted by Gasteiger charge is 2.17. The SMILES string of the molecule is C#CCOc1ccc(F)cc1NC(=O)CNC(=O)c1c(F)cccc1Cl. The molecule has 26 heavy (non-hydrogen) atoms. The minimum Gasteiger partial charge on any atom is -0.479 e. The van der Waals surface area contributed by atoms with Gasteiger partial charge in [-0.1, -0.05) is 23.6 Å². The van der Waals surface area contributed by atoms with Crippen LogP contribution in [0.1, 0.15) is 10.4 Å². The summed E-state index contributed by atoms with van der Waals surface area (Å²) >= 11 is 5.78. The van der Waals surface area contributed by atoms with Crippen molar-refractivity contribution >= 4 is 29.1 Å². The van der Waals surface area contributed by atoms with Gasteiger partial charge in [0.2, 0.25) is 5.91 Å². The molecule has 0 saturated carbocycles. The van der Waals surface area contributed by atoms with Crippen LogP contribution in [0.3, 0.4) is 0 Å². The van der Waals surface area contributed by atoms with Gasteiger partial charge in [0, 0.05) is 6.07 Å². The molecule has 0 bridgehead atoms. The van der Waals surface area contributed by atoms with E-state index in [2.05, 4.69) is 16.6 Å². The third-order valence-electron chi connectivity index (χ3n) is 3.13. The molecule has 0 aliphatic heterocycles. The fourth-order valence-corrected chi connectivity index (χ4v) is 2.25. The molecule has 0 heterocycles. The first-order chi connectivity index (χ1) is 12.4. The minimum absolute atomic E-state index is 0.0448. The van der Waals surface area contributed by atoms with Gasteiger partial charge < -0.3 is 15.4 Å². The molecule has 0 fully saturated rings. The largest absolute Gasteiger partial charge is 0.479 e. The Bertz CT molecular complexity index is 861. The fourth-order valence-electron chi connectivity index (χ4n) is 2.00. The summed E-state index contributed by atoms with van der Waals surface area (Å²) in [4.78, 5) is 24.0. The number of nitrogens with one attached hydrogen (secondary N) is 2. The van der Waals surface area contributed by atoms with Gasteiger partial charge in [-0.05, 0) is 24.3 Å². The van der Waals surface area contributed by atoms with Crippen molar-refractivity contribution in [3.8, 4) is 18.1 Å². The highest BCUT2D eigenvalue weighted by atomic mass is 35.5. The van der Waals surface area contributed by atoms with Gasteiger partial charge in [-0.3, -0.25) is 9.59 Å². The van der Waals surface area contributed by atoms with Crippen molar-refractivity contribution in [2.45, 2.75) is 0 Å². The second-order valence-electron chi connectivity index (χ2n) is 4.96. The minimum atomic E-state index is -0.855. The zero-order chi connectivity index (χ0) is 19.1. The lowest BCUT2D eigenvalue weighted by atomic mass is 10.2. The predicted molar refractivity (Wildman–Crippen MR) is 93.1 cm³/mol. The normalized spacial score (nSPS) is 9.92. The van der Waals surface area contributed by atoms with Crippen LogP contribution in [0.2, 0.25) is 5.02 Å². The molecule has 5 nitrogen and oxygen atoms in total. The van der Waals surface area contributed by atoms with E-state index in [4.69, 9.17) is 22.8 Å². The van der Waals surface area contributed by atoms with E-state index < -0.39 is 30.0 Å². The summed E-state index contributed by atoms with van der Waals surface area (Å²) in [6.45, 7) is -0.564. The Balaban J connectivity index is 2.02. The molecule has 0 spiro atoms. The molecule has 0 aliphatic carbocycles. The lowest BCUT2D eigenvalue weighted by molar-refractivity contribution is -0.115. The van der Waals surface area contributed by atoms with Crippen LogP contribution in [0.5, 0.6) is 5.75 Å². The van der Waals surface area contributed by atoms with Gasteiger partial charge in [0.25, 0.3) is 5.91 Å². The Kier molecular flexibility index (Phi) is 6.53. The van der Waals surface area contributed by atoms with Gasteiger partial charge in [-0.25, -0.2) is 8.78 Å². The Labute approximate surface area is 153 Å². The van der Waals surface area contributed by atoms with E-state index in [0.717, 1.165) is 18.2 Å². The topological polar surface area (TPSA) is 67.4 Å². The highest BCUT2D eigenvalue weighted by Crippen LogP contribution is 2.25. The van der Waals surface area contributed by atoms with Crippen molar-refractivity contribution in [3.63, 3.8) is 0 Å². The molecule has 2 rings (SSSR count). The Hall–Kier alpha value is -3.11. The van der Waals surface area contributed by atoms with E-state index in [1.165, 1.54) is 18.2 Å². The molecule has 0 aromatic heterocycles. The summed E-state index contributed by atoms with van der Waals surface area (Å²) < 4.78 is 32.2. The molecule has 0 atom stereocenters. The van der Waals surface area contributed by atoms with Crippen LogP contribution in [0, 0.1) is 24.0 Å². The van der Waals surface area contributed by atoms with E-state index in [0.29, 0.717) is 0 Å². The van der Waals surface area contributed by atoms with Crippen LogP contribution < -0.4 is 15.4 Å². The Morgan fingerprint density at radius 2 is 2.00 bits per heavy atom. The van der Waals surface area contributed by atoms with Gasteiger partial charge >= 0.3 is 0 Å². The number of ether oxygens (including phenoxy) is 1. The molecule has 134 valence electrons. The maximum atomic E-state index is 13.7. The number of amides is 2. The summed E-state index contributed by atoms with van der Waals surface area (Å²) in [5.41, 5.74) is -0.325. The lowest BCUT2D eigenvalue weighted by Crippen LogP contribution is -2.33. The monoisotopic (exact) mass is 378 g/mol. The third-order valence-corrected chi connectivity index (χ3v) is 3.44. The van der Waals surface area contributed by atoms with Crippen LogP contribution in [0.25, 0.3) is 0 Å². The molecule has 2 N–H and O–H groups in total. The second kappa shape index (κ2) is 8.83. The zero-order valence-electron chi connectivity index (χ0n) is 13.3. The Morgan fingerprint density at radius 3 is 2.69 bits per heavy atom. The maximum absolute atomic E-state index is 13.7. The van der Waals surface area contributed by atoms with Crippen LogP contribution in [0.15, 0.2) is 36.4 Å². The van der Waals surface area contributed by atoms with E-state index in [9.17, 15) is 18.4 Å². The number of rotatable bonds is 6. The number of carbonyl (C=O) groups is 2. The first kappa shape index (κ1) is 19.2. The van der Waals surface area contributed by atoms with Crippen LogP contribution in [-0.4, -0.2) is 25.0 Å². The predicted octanol–water partition coefficient (Wildman–Crippen LogP) is 3.00. The van der Waals surface area contributed by atoms with Crippen LogP contribution in [-0.2, 0) is 4.79 Å². The number of halogens is 3. The summed E-state index contributed by atoms with van der Waals surface area (Å²) in [5.74, 6) is -0.535. The summed E-state index contributed by atoms with van der Waals surface area (Å²) in [6, 6.07) is 7.26. The van der Waals surface area contributed by atoms with E-state index in [-0.39, 0.29) is 28.6 Å². The number of terminal acetylenes is 1. The standard InChI is InChI=1S/C18H13ClF2N2O3/c1-2-8-26-15-7-6-11(20)9-14(15)23-16(24)10-22-18(25)17-12(19)4-3-5-13(17)21/h1,3-7,9H,8,10H2,(H,22,25)(H,23,24). The number of hydrogen-bond donors (Lipinski definition) is 2.